The number of nitrogens with zero attached hydrogens (tertiary/aromatic N) is 1. The molecular weight excluding hydrogens is 341 g/mol. The summed E-state index contributed by atoms with van der Waals surface area (Å²) >= 11 is 1.46. The summed E-state index contributed by atoms with van der Waals surface area (Å²) in [6.45, 7) is 0. The number of para-hydroxylation sites is 1. The minimum absolute atomic E-state index is 0.179. The molecule has 0 saturated carbocycles. The minimum atomic E-state index is -4.54. The van der Waals surface area contributed by atoms with E-state index in [1.165, 1.54) is 29.5 Å². The zero-order valence-electron chi connectivity index (χ0n) is 12.1. The molecule has 1 amide bonds. The van der Waals surface area contributed by atoms with E-state index < -0.39 is 17.6 Å². The fourth-order valence-electron chi connectivity index (χ4n) is 2.13. The van der Waals surface area contributed by atoms with Gasteiger partial charge in [-0.15, -0.1) is 11.3 Å². The highest BCUT2D eigenvalue weighted by Gasteiger charge is 2.33. The fourth-order valence-corrected chi connectivity index (χ4v) is 2.80. The first-order valence-electron chi connectivity index (χ1n) is 6.89. The molecule has 2 aromatic heterocycles. The Bertz CT molecular complexity index is 841. The Morgan fingerprint density at radius 1 is 1.21 bits per heavy atom. The number of alkyl halides is 3. The minimum Gasteiger partial charge on any atom is -0.355 e. The van der Waals surface area contributed by atoms with Crippen LogP contribution >= 0.6 is 11.3 Å². The summed E-state index contributed by atoms with van der Waals surface area (Å²) in [5.74, 6) is -0.0822. The number of nitrogens with one attached hydrogen (secondary N) is 1. The molecule has 24 heavy (non-hydrogen) atoms. The molecule has 8 heteroatoms. The number of hydrogen-bond donors (Lipinski definition) is 1. The van der Waals surface area contributed by atoms with Crippen LogP contribution in [-0.4, -0.2) is 11.1 Å². The van der Waals surface area contributed by atoms with Crippen LogP contribution in [0.2, 0.25) is 0 Å². The Hall–Kier alpha value is -2.61. The summed E-state index contributed by atoms with van der Waals surface area (Å²) in [6, 6.07) is 10.1. The van der Waals surface area contributed by atoms with E-state index >= 15 is 0 Å². The van der Waals surface area contributed by atoms with E-state index in [4.69, 9.17) is 4.52 Å². The largest absolute Gasteiger partial charge is 0.418 e. The van der Waals surface area contributed by atoms with E-state index in [-0.39, 0.29) is 12.1 Å². The summed E-state index contributed by atoms with van der Waals surface area (Å²) in [7, 11) is 0. The number of amides is 1. The molecular formula is C16H11F3N2O2S. The molecule has 0 spiro atoms. The first kappa shape index (κ1) is 16.3. The highest BCUT2D eigenvalue weighted by Crippen LogP contribution is 2.34. The number of carbonyl (C=O) groups is 1. The van der Waals surface area contributed by atoms with E-state index in [9.17, 15) is 18.0 Å². The van der Waals surface area contributed by atoms with E-state index in [0.717, 1.165) is 10.9 Å². The van der Waals surface area contributed by atoms with Gasteiger partial charge in [0.2, 0.25) is 5.91 Å². The van der Waals surface area contributed by atoms with Crippen LogP contribution in [0.3, 0.4) is 0 Å². The number of hydrogen-bond acceptors (Lipinski definition) is 4. The highest BCUT2D eigenvalue weighted by molar-refractivity contribution is 7.13. The number of halogens is 3. The second-order valence-electron chi connectivity index (χ2n) is 4.93. The zero-order chi connectivity index (χ0) is 17.2. The maximum atomic E-state index is 12.9. The van der Waals surface area contributed by atoms with Gasteiger partial charge in [0.25, 0.3) is 0 Å². The summed E-state index contributed by atoms with van der Waals surface area (Å²) in [6.07, 6.45) is -4.72. The van der Waals surface area contributed by atoms with Crippen molar-refractivity contribution in [2.75, 3.05) is 5.32 Å². The lowest BCUT2D eigenvalue weighted by Crippen LogP contribution is -2.18. The third-order valence-electron chi connectivity index (χ3n) is 3.17. The Morgan fingerprint density at radius 2 is 2.00 bits per heavy atom. The average molecular weight is 352 g/mol. The third kappa shape index (κ3) is 3.65. The van der Waals surface area contributed by atoms with E-state index in [0.29, 0.717) is 11.5 Å². The second-order valence-corrected chi connectivity index (χ2v) is 5.88. The van der Waals surface area contributed by atoms with Gasteiger partial charge in [0.1, 0.15) is 0 Å². The van der Waals surface area contributed by atoms with Crippen LogP contribution in [0, 0.1) is 0 Å². The Labute approximate surface area is 138 Å². The van der Waals surface area contributed by atoms with Crippen LogP contribution in [0.15, 0.2) is 52.4 Å². The summed E-state index contributed by atoms with van der Waals surface area (Å²) in [5.41, 5.74) is -0.824. The Balaban J connectivity index is 1.71. The van der Waals surface area contributed by atoms with Crippen molar-refractivity contribution >= 4 is 22.9 Å². The molecule has 0 saturated heterocycles. The van der Waals surface area contributed by atoms with Gasteiger partial charge in [-0.2, -0.15) is 13.2 Å². The maximum absolute atomic E-state index is 12.9. The molecule has 1 aromatic carbocycles. The lowest BCUT2D eigenvalue weighted by molar-refractivity contribution is -0.137. The zero-order valence-corrected chi connectivity index (χ0v) is 12.9. The fraction of sp³-hybridized carbons (Fsp3) is 0.125. The van der Waals surface area contributed by atoms with Gasteiger partial charge in [0, 0.05) is 6.07 Å². The first-order valence-corrected chi connectivity index (χ1v) is 7.77. The number of carbonyl (C=O) groups excluding carboxylic acids is 1. The van der Waals surface area contributed by atoms with Crippen LogP contribution in [-0.2, 0) is 17.4 Å². The van der Waals surface area contributed by atoms with E-state index in [1.807, 2.05) is 17.5 Å². The molecule has 0 aliphatic heterocycles. The summed E-state index contributed by atoms with van der Waals surface area (Å²) < 4.78 is 43.9. The van der Waals surface area contributed by atoms with Gasteiger partial charge in [-0.1, -0.05) is 23.4 Å². The highest BCUT2D eigenvalue weighted by atomic mass is 32.1. The van der Waals surface area contributed by atoms with Crippen molar-refractivity contribution in [2.24, 2.45) is 0 Å². The molecule has 0 aliphatic carbocycles. The topological polar surface area (TPSA) is 55.1 Å². The Kier molecular flexibility index (Phi) is 4.39. The predicted molar refractivity (Wildman–Crippen MR) is 83.6 cm³/mol. The standard InChI is InChI=1S/C16H11F3N2O2S/c17-16(18,19)11-4-1-2-5-12(11)20-15(22)9-10-8-13(23-21-10)14-6-3-7-24-14/h1-8H,9H2,(H,20,22). The predicted octanol–water partition coefficient (Wildman–Crippen LogP) is 4.60. The van der Waals surface area contributed by atoms with Gasteiger partial charge in [0.15, 0.2) is 5.76 Å². The van der Waals surface area contributed by atoms with Crippen molar-refractivity contribution in [3.63, 3.8) is 0 Å². The summed E-state index contributed by atoms with van der Waals surface area (Å²) in [5, 5.41) is 7.92. The smallest absolute Gasteiger partial charge is 0.355 e. The maximum Gasteiger partial charge on any atom is 0.418 e. The second kappa shape index (κ2) is 6.48. The van der Waals surface area contributed by atoms with Gasteiger partial charge in [0.05, 0.1) is 28.2 Å². The van der Waals surface area contributed by atoms with Crippen LogP contribution in [0.5, 0.6) is 0 Å². The van der Waals surface area contributed by atoms with Crippen molar-refractivity contribution in [1.29, 1.82) is 0 Å². The lowest BCUT2D eigenvalue weighted by Gasteiger charge is -2.13. The molecule has 124 valence electrons. The molecule has 0 bridgehead atoms. The van der Waals surface area contributed by atoms with Crippen molar-refractivity contribution in [3.8, 4) is 10.6 Å². The third-order valence-corrected chi connectivity index (χ3v) is 4.06. The molecule has 1 N–H and O–H groups in total. The molecule has 0 unspecified atom stereocenters. The van der Waals surface area contributed by atoms with E-state index in [1.54, 1.807) is 6.07 Å². The average Bonchev–Trinajstić information content (AvgIpc) is 3.17. The van der Waals surface area contributed by atoms with Gasteiger partial charge in [-0.05, 0) is 23.6 Å². The lowest BCUT2D eigenvalue weighted by atomic mass is 10.1. The molecule has 3 aromatic rings. The number of rotatable bonds is 4. The molecule has 0 atom stereocenters. The summed E-state index contributed by atoms with van der Waals surface area (Å²) in [4.78, 5) is 12.9. The SMILES string of the molecule is O=C(Cc1cc(-c2cccs2)on1)Nc1ccccc1C(F)(F)F. The van der Waals surface area contributed by atoms with Crippen molar-refractivity contribution in [3.05, 3.63) is 59.1 Å². The van der Waals surface area contributed by atoms with Crippen LogP contribution in [0.1, 0.15) is 11.3 Å². The molecule has 0 aliphatic rings. The van der Waals surface area contributed by atoms with Crippen LogP contribution in [0.4, 0.5) is 18.9 Å². The number of anilines is 1. The van der Waals surface area contributed by atoms with Crippen LogP contribution in [0.25, 0.3) is 10.6 Å². The number of aromatic nitrogens is 1. The van der Waals surface area contributed by atoms with Gasteiger partial charge < -0.3 is 9.84 Å². The molecule has 3 rings (SSSR count). The number of thiophene rings is 1. The Morgan fingerprint density at radius 3 is 2.71 bits per heavy atom. The van der Waals surface area contributed by atoms with Crippen molar-refractivity contribution in [1.82, 2.24) is 5.16 Å². The first-order chi connectivity index (χ1) is 11.4. The van der Waals surface area contributed by atoms with Crippen molar-refractivity contribution < 1.29 is 22.5 Å². The quantitative estimate of drug-likeness (QED) is 0.746. The van der Waals surface area contributed by atoms with E-state index in [2.05, 4.69) is 10.5 Å². The van der Waals surface area contributed by atoms with Gasteiger partial charge in [-0.3, -0.25) is 4.79 Å². The van der Waals surface area contributed by atoms with Crippen LogP contribution < -0.4 is 5.32 Å². The van der Waals surface area contributed by atoms with Gasteiger partial charge >= 0.3 is 6.18 Å². The van der Waals surface area contributed by atoms with Crippen molar-refractivity contribution in [2.45, 2.75) is 12.6 Å². The molecule has 4 nitrogen and oxygen atoms in total. The number of benzene rings is 1. The molecule has 0 radical (unpaired) electrons. The molecule has 0 fully saturated rings. The monoisotopic (exact) mass is 352 g/mol. The molecule has 2 heterocycles. The normalized spacial score (nSPS) is 11.5. The van der Waals surface area contributed by atoms with Gasteiger partial charge in [-0.25, -0.2) is 0 Å².